The predicted molar refractivity (Wildman–Crippen MR) is 20.4 cm³/mol. The van der Waals surface area contributed by atoms with Crippen LogP contribution in [0.3, 0.4) is 0 Å². The molecular weight excluding hydrogens is 366 g/mol. The molecule has 0 amide bonds. The second kappa shape index (κ2) is 13.9. The minimum Gasteiger partial charge on any atom is -0.457 e. The summed E-state index contributed by atoms with van der Waals surface area (Å²) < 4.78 is 67.9. The molecule has 0 saturated heterocycles. The summed E-state index contributed by atoms with van der Waals surface area (Å²) in [6, 6.07) is 0. The largest absolute Gasteiger partial charge is 2.00 e. The fourth-order valence-electron chi connectivity index (χ4n) is 0. The van der Waals surface area contributed by atoms with E-state index >= 15 is 0 Å². The topological polar surface area (TPSA) is 283 Å². The number of hydrogen-bond donors (Lipinski definition) is 0. The molecule has 0 heterocycles. The Balaban J connectivity index is -0.0000000178. The molecule has 9 N–H and O–H groups in total. The molecule has 0 fully saturated rings. The van der Waals surface area contributed by atoms with Crippen LogP contribution >= 0.6 is 0 Å². The van der Waals surface area contributed by atoms with Gasteiger partial charge in [0.05, 0.1) is 0 Å². The Hall–Kier alpha value is 0.939. The third kappa shape index (κ3) is 2090. The minimum atomic E-state index is -4.94. The molecule has 0 rings (SSSR count). The Bertz CT molecular complexity index is 56.3. The van der Waals surface area contributed by atoms with Gasteiger partial charge in [-0.15, -0.1) is 20.5 Å². The van der Waals surface area contributed by atoms with Gasteiger partial charge in [-0.25, -0.2) is 37.3 Å². The molecule has 0 aromatic heterocycles. The van der Waals surface area contributed by atoms with Crippen molar-refractivity contribution in [2.24, 2.45) is 0 Å². The first-order chi connectivity index (χ1) is 4.00. The van der Waals surface area contributed by atoms with Crippen molar-refractivity contribution in [3.63, 3.8) is 0 Å². The van der Waals surface area contributed by atoms with Gasteiger partial charge in [-0.2, -0.15) is 0 Å². The zero-order valence-electron chi connectivity index (χ0n) is 6.25. The standard InChI is InChI=1S/2ClHO4.3H2O.Sn/c2*2-1(3,4)5;;;;/h2*(H,2,3,4,5);3*1H2;/q;;;;;+2/p+1. The van der Waals surface area contributed by atoms with Gasteiger partial charge < -0.3 is 16.4 Å². The molecule has 0 aromatic carbocycles. The Morgan fingerprint density at radius 1 is 0.429 bits per heavy atom. The van der Waals surface area contributed by atoms with Crippen molar-refractivity contribution in [2.45, 2.75) is 0 Å². The summed E-state index contributed by atoms with van der Waals surface area (Å²) in [6.07, 6.45) is 0. The predicted octanol–water partition coefficient (Wildman–Crippen LogP) is -12.7. The van der Waals surface area contributed by atoms with Crippen LogP contribution in [0.1, 0.15) is 0 Å². The maximum atomic E-state index is 8.49. The molecule has 14 heteroatoms. The molecule has 0 atom stereocenters. The normalized spacial score (nSPS) is 8.57. The van der Waals surface area contributed by atoms with Crippen molar-refractivity contribution in [3.8, 4) is 0 Å². The van der Waals surface area contributed by atoms with Crippen LogP contribution in [0.4, 0.5) is 0 Å². The van der Waals surface area contributed by atoms with Gasteiger partial charge in [0.15, 0.2) is 0 Å². The molecule has 0 aliphatic rings. The van der Waals surface area contributed by atoms with Crippen molar-refractivity contribution in [3.05, 3.63) is 0 Å². The quantitative estimate of drug-likeness (QED) is 0.288. The molecular formula is H9Cl2O11Sn+3. The van der Waals surface area contributed by atoms with Crippen molar-refractivity contribution in [1.82, 2.24) is 0 Å². The summed E-state index contributed by atoms with van der Waals surface area (Å²) in [5.74, 6) is 0. The van der Waals surface area contributed by atoms with Gasteiger partial charge in [-0.1, -0.05) is 0 Å². The van der Waals surface area contributed by atoms with Crippen LogP contribution in [0, 0.1) is 20.5 Å². The van der Waals surface area contributed by atoms with E-state index in [1.807, 2.05) is 0 Å². The van der Waals surface area contributed by atoms with Crippen LogP contribution in [0.25, 0.3) is 0 Å². The van der Waals surface area contributed by atoms with Crippen LogP contribution in [0.15, 0.2) is 0 Å². The SMILES string of the molecule is [O-][Cl+3]([O-])([O-])[O-].[O-][Cl+3]([O-])([O-])[O-].[OH3+].[OH3+].[OH3+].[Sn+2]. The molecule has 0 aliphatic carbocycles. The fraction of sp³-hybridized carbons (Fsp3) is 0. The summed E-state index contributed by atoms with van der Waals surface area (Å²) in [7, 11) is -9.89. The molecule has 0 spiro atoms. The monoisotopic (exact) mass is 375 g/mol. The van der Waals surface area contributed by atoms with E-state index in [1.165, 1.54) is 0 Å². The van der Waals surface area contributed by atoms with Crippen LogP contribution in [-0.4, -0.2) is 23.9 Å². The second-order valence-electron chi connectivity index (χ2n) is 0.756. The van der Waals surface area contributed by atoms with Gasteiger partial charge in [-0.3, -0.25) is 0 Å². The average Bonchev–Trinajstić information content (AvgIpc) is 1.12. The van der Waals surface area contributed by atoms with Crippen LogP contribution in [0.5, 0.6) is 0 Å². The van der Waals surface area contributed by atoms with E-state index in [1.54, 1.807) is 0 Å². The van der Waals surface area contributed by atoms with E-state index in [-0.39, 0.29) is 40.3 Å². The van der Waals surface area contributed by atoms with E-state index in [4.69, 9.17) is 37.3 Å². The minimum absolute atomic E-state index is 0. The summed E-state index contributed by atoms with van der Waals surface area (Å²) >= 11 is 0. The zero-order valence-corrected chi connectivity index (χ0v) is 10.6. The molecule has 14 heavy (non-hydrogen) atoms. The summed E-state index contributed by atoms with van der Waals surface area (Å²) in [5.41, 5.74) is 0. The van der Waals surface area contributed by atoms with E-state index in [9.17, 15) is 0 Å². The van der Waals surface area contributed by atoms with Crippen molar-refractivity contribution >= 4 is 23.9 Å². The first-order valence-corrected chi connectivity index (χ1v) is 3.70. The second-order valence-corrected chi connectivity index (χ2v) is 2.27. The summed E-state index contributed by atoms with van der Waals surface area (Å²) in [5, 5.41) is 0. The molecule has 90 valence electrons. The smallest absolute Gasteiger partial charge is 0.457 e. The number of rotatable bonds is 0. The van der Waals surface area contributed by atoms with Crippen LogP contribution in [-0.2, 0) is 16.4 Å². The van der Waals surface area contributed by atoms with Crippen molar-refractivity contribution in [1.29, 1.82) is 0 Å². The zero-order chi connectivity index (χ0) is 9.00. The number of hydrogen-bond acceptors (Lipinski definition) is 8. The summed E-state index contributed by atoms with van der Waals surface area (Å²) in [6.45, 7) is 0. The third-order valence-corrected chi connectivity index (χ3v) is 0. The average molecular weight is 375 g/mol. The summed E-state index contributed by atoms with van der Waals surface area (Å²) in [4.78, 5) is 0. The molecule has 0 aliphatic heterocycles. The first-order valence-electron chi connectivity index (χ1n) is 1.23. The molecule has 0 saturated carbocycles. The third-order valence-electron chi connectivity index (χ3n) is 0. The number of halogens is 2. The Labute approximate surface area is 98.2 Å². The molecule has 0 unspecified atom stereocenters. The van der Waals surface area contributed by atoms with E-state index in [0.29, 0.717) is 0 Å². The van der Waals surface area contributed by atoms with Gasteiger partial charge in [0.2, 0.25) is 0 Å². The first kappa shape index (κ1) is 36.3. The Morgan fingerprint density at radius 3 is 0.429 bits per heavy atom. The van der Waals surface area contributed by atoms with Crippen molar-refractivity contribution < 1.29 is 74.2 Å². The van der Waals surface area contributed by atoms with E-state index in [2.05, 4.69) is 0 Å². The van der Waals surface area contributed by atoms with Gasteiger partial charge in [0.25, 0.3) is 0 Å². The van der Waals surface area contributed by atoms with Crippen molar-refractivity contribution in [2.75, 3.05) is 0 Å². The van der Waals surface area contributed by atoms with E-state index < -0.39 is 20.5 Å². The van der Waals surface area contributed by atoms with Gasteiger partial charge in [-0.05, 0) is 0 Å². The maximum Gasteiger partial charge on any atom is 2.00 e. The molecule has 0 aromatic rings. The van der Waals surface area contributed by atoms with Gasteiger partial charge in [0, 0.05) is 0 Å². The van der Waals surface area contributed by atoms with Crippen LogP contribution in [0.2, 0.25) is 0 Å². The Morgan fingerprint density at radius 2 is 0.429 bits per heavy atom. The van der Waals surface area contributed by atoms with Crippen LogP contribution < -0.4 is 37.3 Å². The Kier molecular flexibility index (Phi) is 36.2. The molecule has 2 radical (unpaired) electrons. The van der Waals surface area contributed by atoms with E-state index in [0.717, 1.165) is 0 Å². The maximum absolute atomic E-state index is 8.49. The molecule has 11 nitrogen and oxygen atoms in total. The fourth-order valence-corrected chi connectivity index (χ4v) is 0. The molecule has 0 bridgehead atoms. The van der Waals surface area contributed by atoms with Gasteiger partial charge in [0.1, 0.15) is 0 Å². The van der Waals surface area contributed by atoms with Gasteiger partial charge >= 0.3 is 23.9 Å².